The zero-order chi connectivity index (χ0) is 16.7. The minimum Gasteiger partial charge on any atom is -0.493 e. The third-order valence-corrected chi connectivity index (χ3v) is 4.39. The van der Waals surface area contributed by atoms with E-state index in [-0.39, 0.29) is 12.4 Å². The number of halogens is 3. The summed E-state index contributed by atoms with van der Waals surface area (Å²) in [6, 6.07) is 14.0. The average molecular weight is 389 g/mol. The van der Waals surface area contributed by atoms with E-state index in [1.165, 1.54) is 11.1 Å². The van der Waals surface area contributed by atoms with Gasteiger partial charge in [-0.15, -0.1) is 12.4 Å². The fourth-order valence-corrected chi connectivity index (χ4v) is 2.71. The molecule has 0 heterocycles. The van der Waals surface area contributed by atoms with E-state index < -0.39 is 0 Å². The molecule has 2 aromatic carbocycles. The largest absolute Gasteiger partial charge is 0.493 e. The molecule has 0 saturated carbocycles. The van der Waals surface area contributed by atoms with Crippen molar-refractivity contribution in [1.82, 2.24) is 4.90 Å². The highest BCUT2D eigenvalue weighted by Crippen LogP contribution is 2.25. The van der Waals surface area contributed by atoms with Crippen molar-refractivity contribution in [1.29, 1.82) is 0 Å². The third kappa shape index (κ3) is 6.90. The van der Waals surface area contributed by atoms with E-state index in [1.54, 1.807) is 0 Å². The van der Waals surface area contributed by atoms with Crippen LogP contribution in [0, 0.1) is 0 Å². The minimum atomic E-state index is 0. The van der Waals surface area contributed by atoms with Gasteiger partial charge >= 0.3 is 0 Å². The Hall–Kier alpha value is -0.930. The van der Waals surface area contributed by atoms with Crippen molar-refractivity contribution >= 4 is 35.6 Å². The number of hydrogen-bond donors (Lipinski definition) is 0. The Balaban J connectivity index is 0.00000288. The Morgan fingerprint density at radius 3 is 2.42 bits per heavy atom. The first kappa shape index (κ1) is 21.1. The van der Waals surface area contributed by atoms with Crippen LogP contribution in [0.25, 0.3) is 0 Å². The van der Waals surface area contributed by atoms with Gasteiger partial charge in [0.15, 0.2) is 0 Å². The molecule has 0 spiro atoms. The lowest BCUT2D eigenvalue weighted by Crippen LogP contribution is -2.15. The van der Waals surface area contributed by atoms with E-state index in [1.807, 2.05) is 30.3 Å². The number of para-hydroxylation sites is 1. The fourth-order valence-electron chi connectivity index (χ4n) is 2.39. The van der Waals surface area contributed by atoms with Gasteiger partial charge in [0, 0.05) is 6.54 Å². The summed E-state index contributed by atoms with van der Waals surface area (Å²) in [5.74, 6) is 0.978. The van der Waals surface area contributed by atoms with Gasteiger partial charge in [-0.3, -0.25) is 0 Å². The van der Waals surface area contributed by atoms with Crippen molar-refractivity contribution in [2.75, 3.05) is 27.2 Å². The van der Waals surface area contributed by atoms with Crippen LogP contribution < -0.4 is 4.74 Å². The summed E-state index contributed by atoms with van der Waals surface area (Å²) in [4.78, 5) is 2.17. The van der Waals surface area contributed by atoms with E-state index in [0.29, 0.717) is 10.0 Å². The standard InChI is InChI=1S/C19H23Cl2NO.ClH/c1-22(2)12-5-13-23-19-7-4-3-6-16(19)10-8-15-9-11-17(20)18(21)14-15;/h3-4,6-7,9,11,14H,5,8,10,12-13H2,1-2H3;1H. The Morgan fingerprint density at radius 2 is 1.71 bits per heavy atom. The van der Waals surface area contributed by atoms with Gasteiger partial charge in [-0.25, -0.2) is 0 Å². The summed E-state index contributed by atoms with van der Waals surface area (Å²) in [6.45, 7) is 1.77. The third-order valence-electron chi connectivity index (χ3n) is 3.65. The number of rotatable bonds is 8. The smallest absolute Gasteiger partial charge is 0.122 e. The lowest BCUT2D eigenvalue weighted by atomic mass is 10.0. The molecular formula is C19H24Cl3NO. The number of nitrogens with zero attached hydrogens (tertiary/aromatic N) is 1. The first-order chi connectivity index (χ1) is 11.1. The lowest BCUT2D eigenvalue weighted by molar-refractivity contribution is 0.279. The predicted octanol–water partition coefficient (Wildman–Crippen LogP) is 5.53. The molecule has 0 N–H and O–H groups in total. The van der Waals surface area contributed by atoms with Gasteiger partial charge in [-0.1, -0.05) is 47.5 Å². The summed E-state index contributed by atoms with van der Waals surface area (Å²) in [6.07, 6.45) is 2.85. The number of benzene rings is 2. The van der Waals surface area contributed by atoms with Crippen LogP contribution in [-0.4, -0.2) is 32.1 Å². The van der Waals surface area contributed by atoms with Gasteiger partial charge in [0.1, 0.15) is 5.75 Å². The van der Waals surface area contributed by atoms with Crippen molar-refractivity contribution in [2.24, 2.45) is 0 Å². The molecular weight excluding hydrogens is 365 g/mol. The summed E-state index contributed by atoms with van der Waals surface area (Å²) in [5.41, 5.74) is 2.41. The zero-order valence-electron chi connectivity index (χ0n) is 14.1. The normalized spacial score (nSPS) is 10.5. The van der Waals surface area contributed by atoms with Crippen LogP contribution in [0.4, 0.5) is 0 Å². The molecule has 0 amide bonds. The van der Waals surface area contributed by atoms with Crippen molar-refractivity contribution in [3.05, 3.63) is 63.6 Å². The van der Waals surface area contributed by atoms with E-state index in [9.17, 15) is 0 Å². The molecule has 0 fully saturated rings. The Bertz CT molecular complexity index is 632. The molecule has 0 saturated heterocycles. The van der Waals surface area contributed by atoms with Gasteiger partial charge in [0.25, 0.3) is 0 Å². The molecule has 2 rings (SSSR count). The maximum absolute atomic E-state index is 6.08. The lowest BCUT2D eigenvalue weighted by Gasteiger charge is -2.13. The average Bonchev–Trinajstić information content (AvgIpc) is 2.53. The van der Waals surface area contributed by atoms with Crippen LogP contribution in [0.15, 0.2) is 42.5 Å². The van der Waals surface area contributed by atoms with E-state index in [4.69, 9.17) is 27.9 Å². The van der Waals surface area contributed by atoms with Crippen LogP contribution >= 0.6 is 35.6 Å². The van der Waals surface area contributed by atoms with Crippen LogP contribution in [0.2, 0.25) is 10.0 Å². The van der Waals surface area contributed by atoms with Gasteiger partial charge < -0.3 is 9.64 Å². The second-order valence-corrected chi connectivity index (χ2v) is 6.68. The van der Waals surface area contributed by atoms with E-state index in [2.05, 4.69) is 31.1 Å². The van der Waals surface area contributed by atoms with Crippen LogP contribution in [0.3, 0.4) is 0 Å². The Labute approximate surface area is 161 Å². The first-order valence-electron chi connectivity index (χ1n) is 7.85. The number of ether oxygens (including phenoxy) is 1. The molecule has 24 heavy (non-hydrogen) atoms. The minimum absolute atomic E-state index is 0. The molecule has 132 valence electrons. The highest BCUT2D eigenvalue weighted by Gasteiger charge is 2.05. The summed E-state index contributed by atoms with van der Waals surface area (Å²) in [7, 11) is 4.15. The Morgan fingerprint density at radius 1 is 0.958 bits per heavy atom. The highest BCUT2D eigenvalue weighted by atomic mass is 35.5. The van der Waals surface area contributed by atoms with Crippen molar-refractivity contribution in [3.8, 4) is 5.75 Å². The van der Waals surface area contributed by atoms with E-state index >= 15 is 0 Å². The molecule has 0 unspecified atom stereocenters. The molecule has 0 atom stereocenters. The molecule has 0 aromatic heterocycles. The molecule has 0 aliphatic heterocycles. The molecule has 5 heteroatoms. The number of hydrogen-bond acceptors (Lipinski definition) is 2. The summed E-state index contributed by atoms with van der Waals surface area (Å²) < 4.78 is 5.94. The summed E-state index contributed by atoms with van der Waals surface area (Å²) in [5, 5.41) is 1.21. The maximum Gasteiger partial charge on any atom is 0.122 e. The second-order valence-electron chi connectivity index (χ2n) is 5.86. The van der Waals surface area contributed by atoms with Gasteiger partial charge in [-0.2, -0.15) is 0 Å². The monoisotopic (exact) mass is 387 g/mol. The van der Waals surface area contributed by atoms with Crippen LogP contribution in [-0.2, 0) is 12.8 Å². The number of aryl methyl sites for hydroxylation is 2. The molecule has 0 radical (unpaired) electrons. The van der Waals surface area contributed by atoms with Crippen molar-refractivity contribution in [3.63, 3.8) is 0 Å². The molecule has 0 bridgehead atoms. The Kier molecular flexibility index (Phi) is 9.53. The molecule has 2 nitrogen and oxygen atoms in total. The molecule has 0 aliphatic rings. The van der Waals surface area contributed by atoms with Crippen LogP contribution in [0.1, 0.15) is 17.5 Å². The first-order valence-corrected chi connectivity index (χ1v) is 8.61. The SMILES string of the molecule is CN(C)CCCOc1ccccc1CCc1ccc(Cl)c(Cl)c1.Cl. The van der Waals surface area contributed by atoms with Gasteiger partial charge in [-0.05, 0) is 62.7 Å². The fraction of sp³-hybridized carbons (Fsp3) is 0.368. The highest BCUT2D eigenvalue weighted by molar-refractivity contribution is 6.42. The summed E-state index contributed by atoms with van der Waals surface area (Å²) >= 11 is 12.0. The van der Waals surface area contributed by atoms with Crippen molar-refractivity contribution in [2.45, 2.75) is 19.3 Å². The zero-order valence-corrected chi connectivity index (χ0v) is 16.4. The molecule has 0 aliphatic carbocycles. The van der Waals surface area contributed by atoms with Crippen LogP contribution in [0.5, 0.6) is 5.75 Å². The van der Waals surface area contributed by atoms with Crippen molar-refractivity contribution < 1.29 is 4.74 Å². The molecule has 2 aromatic rings. The quantitative estimate of drug-likeness (QED) is 0.551. The maximum atomic E-state index is 6.08. The van der Waals surface area contributed by atoms with Gasteiger partial charge in [0.05, 0.1) is 16.7 Å². The van der Waals surface area contributed by atoms with E-state index in [0.717, 1.165) is 38.2 Å². The second kappa shape index (κ2) is 10.8. The topological polar surface area (TPSA) is 12.5 Å². The predicted molar refractivity (Wildman–Crippen MR) is 106 cm³/mol. The van der Waals surface area contributed by atoms with Gasteiger partial charge in [0.2, 0.25) is 0 Å².